The molecule has 1 aliphatic heterocycles. The second kappa shape index (κ2) is 8.63. The van der Waals surface area contributed by atoms with Crippen LogP contribution in [0.15, 0.2) is 42.6 Å². The first kappa shape index (κ1) is 19.5. The molecule has 27 heavy (non-hydrogen) atoms. The van der Waals surface area contributed by atoms with Gasteiger partial charge in [0.05, 0.1) is 11.3 Å². The molecule has 5 nitrogen and oxygen atoms in total. The lowest BCUT2D eigenvalue weighted by molar-refractivity contribution is 0.0689. The van der Waals surface area contributed by atoms with Crippen molar-refractivity contribution < 1.29 is 9.90 Å². The van der Waals surface area contributed by atoms with Gasteiger partial charge in [0.2, 0.25) is 0 Å². The van der Waals surface area contributed by atoms with Crippen LogP contribution in [0.4, 0.5) is 0 Å². The molecule has 0 bridgehead atoms. The van der Waals surface area contributed by atoms with Gasteiger partial charge >= 0.3 is 0 Å². The van der Waals surface area contributed by atoms with Crippen molar-refractivity contribution in [2.75, 3.05) is 33.8 Å². The molecule has 2 aromatic rings. The first-order valence-electron chi connectivity index (χ1n) is 9.58. The highest BCUT2D eigenvalue weighted by Gasteiger charge is 2.30. The fourth-order valence-corrected chi connectivity index (χ4v) is 3.84. The number of hydrogen-bond acceptors (Lipinski definition) is 4. The van der Waals surface area contributed by atoms with Crippen LogP contribution in [-0.2, 0) is 0 Å². The number of rotatable bonds is 4. The minimum Gasteiger partial charge on any atom is -0.396 e. The van der Waals surface area contributed by atoms with Crippen LogP contribution in [0.3, 0.4) is 0 Å². The van der Waals surface area contributed by atoms with Crippen LogP contribution < -0.4 is 0 Å². The van der Waals surface area contributed by atoms with Crippen molar-refractivity contribution in [3.05, 3.63) is 53.9 Å². The first-order chi connectivity index (χ1) is 13.0. The number of aliphatic hydroxyl groups excluding tert-OH is 1. The highest BCUT2D eigenvalue weighted by Crippen LogP contribution is 2.28. The van der Waals surface area contributed by atoms with E-state index in [1.165, 1.54) is 0 Å². The van der Waals surface area contributed by atoms with E-state index in [1.54, 1.807) is 6.20 Å². The number of pyridine rings is 1. The second-order valence-electron chi connectivity index (χ2n) is 7.64. The highest BCUT2D eigenvalue weighted by molar-refractivity contribution is 6.01. The molecule has 1 aromatic heterocycles. The number of nitrogens with zero attached hydrogens (tertiary/aromatic N) is 3. The largest absolute Gasteiger partial charge is 0.396 e. The van der Waals surface area contributed by atoms with E-state index in [0.717, 1.165) is 29.7 Å². The zero-order valence-electron chi connectivity index (χ0n) is 16.4. The predicted octanol–water partition coefficient (Wildman–Crippen LogP) is 2.83. The third-order valence-corrected chi connectivity index (χ3v) is 5.53. The van der Waals surface area contributed by atoms with Gasteiger partial charge < -0.3 is 14.9 Å². The van der Waals surface area contributed by atoms with Crippen LogP contribution in [0.25, 0.3) is 11.1 Å². The van der Waals surface area contributed by atoms with E-state index >= 15 is 0 Å². The van der Waals surface area contributed by atoms with Crippen LogP contribution in [-0.4, -0.2) is 65.6 Å². The predicted molar refractivity (Wildman–Crippen MR) is 108 cm³/mol. The molecule has 1 aliphatic rings. The quantitative estimate of drug-likeness (QED) is 0.903. The Hall–Kier alpha value is -2.24. The molecule has 1 N–H and O–H groups in total. The molecule has 0 radical (unpaired) electrons. The Morgan fingerprint density at radius 2 is 1.93 bits per heavy atom. The average Bonchev–Trinajstić information content (AvgIpc) is 2.91. The zero-order chi connectivity index (χ0) is 19.4. The summed E-state index contributed by atoms with van der Waals surface area (Å²) >= 11 is 0. The minimum atomic E-state index is 0.00616. The number of likely N-dealkylation sites (N-methyl/N-ethyl adjacent to an activating group) is 1. The van der Waals surface area contributed by atoms with Crippen molar-refractivity contribution in [2.24, 2.45) is 5.92 Å². The van der Waals surface area contributed by atoms with Crippen molar-refractivity contribution in [2.45, 2.75) is 25.8 Å². The van der Waals surface area contributed by atoms with Crippen molar-refractivity contribution in [1.82, 2.24) is 14.8 Å². The fourth-order valence-electron chi connectivity index (χ4n) is 3.84. The van der Waals surface area contributed by atoms with Gasteiger partial charge in [0, 0.05) is 31.9 Å². The summed E-state index contributed by atoms with van der Waals surface area (Å²) in [5, 5.41) is 9.73. The van der Waals surface area contributed by atoms with Crippen LogP contribution >= 0.6 is 0 Å². The summed E-state index contributed by atoms with van der Waals surface area (Å²) in [5.41, 5.74) is 3.34. The van der Waals surface area contributed by atoms with E-state index in [2.05, 4.69) is 24.0 Å². The lowest BCUT2D eigenvalue weighted by atomic mass is 9.98. The second-order valence-corrected chi connectivity index (χ2v) is 7.64. The first-order valence-corrected chi connectivity index (χ1v) is 9.58. The SMILES string of the molecule is Cc1nccc(-c2ccccc2)c1C(=O)N1C[C@@H](CO)CC[C@@H](N(C)C)C1. The number of aliphatic hydroxyl groups is 1. The summed E-state index contributed by atoms with van der Waals surface area (Å²) in [6.45, 7) is 3.26. The maximum atomic E-state index is 13.6. The number of aromatic nitrogens is 1. The van der Waals surface area contributed by atoms with Crippen LogP contribution in [0.2, 0.25) is 0 Å². The summed E-state index contributed by atoms with van der Waals surface area (Å²) in [4.78, 5) is 22.1. The van der Waals surface area contributed by atoms with Gasteiger partial charge in [0.1, 0.15) is 0 Å². The zero-order valence-corrected chi connectivity index (χ0v) is 16.4. The number of carbonyl (C=O) groups is 1. The van der Waals surface area contributed by atoms with Gasteiger partial charge in [0.15, 0.2) is 0 Å². The van der Waals surface area contributed by atoms with Gasteiger partial charge in [-0.3, -0.25) is 9.78 Å². The van der Waals surface area contributed by atoms with Crippen LogP contribution in [0, 0.1) is 12.8 Å². The number of aryl methyl sites for hydroxylation is 1. The van der Waals surface area contributed by atoms with Gasteiger partial charge in [-0.05, 0) is 57.0 Å². The molecule has 0 spiro atoms. The van der Waals surface area contributed by atoms with E-state index in [1.807, 2.05) is 48.2 Å². The summed E-state index contributed by atoms with van der Waals surface area (Å²) in [5.74, 6) is 0.128. The Bertz CT molecular complexity index is 776. The maximum Gasteiger partial charge on any atom is 0.256 e. The van der Waals surface area contributed by atoms with Crippen molar-refractivity contribution in [3.63, 3.8) is 0 Å². The monoisotopic (exact) mass is 367 g/mol. The molecule has 2 heterocycles. The van der Waals surface area contributed by atoms with E-state index in [-0.39, 0.29) is 18.4 Å². The number of amides is 1. The van der Waals surface area contributed by atoms with E-state index < -0.39 is 0 Å². The third-order valence-electron chi connectivity index (χ3n) is 5.53. The van der Waals surface area contributed by atoms with Crippen molar-refractivity contribution in [3.8, 4) is 11.1 Å². The Morgan fingerprint density at radius 1 is 1.19 bits per heavy atom. The van der Waals surface area contributed by atoms with Gasteiger partial charge in [-0.15, -0.1) is 0 Å². The van der Waals surface area contributed by atoms with Crippen LogP contribution in [0.1, 0.15) is 28.9 Å². The molecule has 0 aliphatic carbocycles. The number of hydrogen-bond donors (Lipinski definition) is 1. The standard InChI is InChI=1S/C22H29N3O2/c1-16-21(20(11-12-23-16)18-7-5-4-6-8-18)22(27)25-13-17(15-26)9-10-19(14-25)24(2)3/h4-8,11-12,17,19,26H,9-10,13-15H2,1-3H3/t17-,19+/m0/s1. The van der Waals surface area contributed by atoms with E-state index in [4.69, 9.17) is 0 Å². The molecular formula is C22H29N3O2. The topological polar surface area (TPSA) is 56.7 Å². The molecule has 1 amide bonds. The molecule has 0 unspecified atom stereocenters. The van der Waals surface area contributed by atoms with Gasteiger partial charge in [-0.25, -0.2) is 0 Å². The fraction of sp³-hybridized carbons (Fsp3) is 0.455. The van der Waals surface area contributed by atoms with Gasteiger partial charge in [-0.2, -0.15) is 0 Å². The summed E-state index contributed by atoms with van der Waals surface area (Å²) < 4.78 is 0. The Kier molecular flexibility index (Phi) is 6.24. The smallest absolute Gasteiger partial charge is 0.256 e. The lowest BCUT2D eigenvalue weighted by Crippen LogP contribution is -2.43. The Balaban J connectivity index is 1.99. The van der Waals surface area contributed by atoms with E-state index in [9.17, 15) is 9.90 Å². The Morgan fingerprint density at radius 3 is 2.59 bits per heavy atom. The summed E-state index contributed by atoms with van der Waals surface area (Å²) in [6, 6.07) is 12.2. The summed E-state index contributed by atoms with van der Waals surface area (Å²) in [7, 11) is 4.11. The Labute approximate surface area is 161 Å². The number of benzene rings is 1. The molecule has 1 fully saturated rings. The number of carbonyl (C=O) groups excluding carboxylic acids is 1. The molecule has 5 heteroatoms. The normalized spacial score (nSPS) is 20.6. The molecule has 3 rings (SSSR count). The lowest BCUT2D eigenvalue weighted by Gasteiger charge is -2.30. The van der Waals surface area contributed by atoms with Gasteiger partial charge in [-0.1, -0.05) is 30.3 Å². The average molecular weight is 367 g/mol. The molecule has 1 aromatic carbocycles. The van der Waals surface area contributed by atoms with E-state index in [0.29, 0.717) is 24.7 Å². The maximum absolute atomic E-state index is 13.6. The molecule has 1 saturated heterocycles. The van der Waals surface area contributed by atoms with Crippen LogP contribution in [0.5, 0.6) is 0 Å². The molecule has 144 valence electrons. The third kappa shape index (κ3) is 4.37. The molecule has 2 atom stereocenters. The minimum absolute atomic E-state index is 0.00616. The molecule has 0 saturated carbocycles. The van der Waals surface area contributed by atoms with Gasteiger partial charge in [0.25, 0.3) is 5.91 Å². The molecular weight excluding hydrogens is 338 g/mol. The van der Waals surface area contributed by atoms with Crippen molar-refractivity contribution in [1.29, 1.82) is 0 Å². The summed E-state index contributed by atoms with van der Waals surface area (Å²) in [6.07, 6.45) is 3.68. The highest BCUT2D eigenvalue weighted by atomic mass is 16.3. The number of likely N-dealkylation sites (tertiary alicyclic amines) is 1. The van der Waals surface area contributed by atoms with Crippen molar-refractivity contribution >= 4 is 5.91 Å².